The summed E-state index contributed by atoms with van der Waals surface area (Å²) in [5, 5.41) is 15.3. The molecule has 1 aromatic rings. The molecule has 7 heteroatoms. The first-order valence-electron chi connectivity index (χ1n) is 5.32. The summed E-state index contributed by atoms with van der Waals surface area (Å²) in [6.45, 7) is 5.35. The average molecular weight is 257 g/mol. The molecule has 17 heavy (non-hydrogen) atoms. The Morgan fingerprint density at radius 2 is 2.12 bits per heavy atom. The lowest BCUT2D eigenvalue weighted by Crippen LogP contribution is -2.44. The van der Waals surface area contributed by atoms with E-state index in [9.17, 15) is 9.59 Å². The van der Waals surface area contributed by atoms with Crippen LogP contribution in [-0.4, -0.2) is 32.6 Å². The van der Waals surface area contributed by atoms with Gasteiger partial charge in [-0.25, -0.2) is 4.79 Å². The van der Waals surface area contributed by atoms with Crippen LogP contribution in [0.4, 0.5) is 0 Å². The molecule has 0 spiro atoms. The molecule has 0 fully saturated rings. The van der Waals surface area contributed by atoms with Crippen LogP contribution >= 0.6 is 11.5 Å². The van der Waals surface area contributed by atoms with E-state index in [1.165, 1.54) is 0 Å². The van der Waals surface area contributed by atoms with Crippen molar-refractivity contribution in [1.29, 1.82) is 0 Å². The van der Waals surface area contributed by atoms with Crippen molar-refractivity contribution >= 4 is 23.4 Å². The smallest absolute Gasteiger partial charge is 0.326 e. The number of carbonyl (C=O) groups is 2. The van der Waals surface area contributed by atoms with Crippen LogP contribution in [0.5, 0.6) is 0 Å². The van der Waals surface area contributed by atoms with Crippen molar-refractivity contribution in [2.45, 2.75) is 33.2 Å². The van der Waals surface area contributed by atoms with Gasteiger partial charge in [-0.15, -0.1) is 5.10 Å². The summed E-state index contributed by atoms with van der Waals surface area (Å²) in [5.74, 6) is -1.63. The zero-order chi connectivity index (χ0) is 13.0. The molecule has 0 radical (unpaired) electrons. The van der Waals surface area contributed by atoms with Crippen LogP contribution in [0, 0.1) is 5.92 Å². The van der Waals surface area contributed by atoms with Crippen LogP contribution in [0.25, 0.3) is 0 Å². The third-order valence-electron chi connectivity index (χ3n) is 2.32. The van der Waals surface area contributed by atoms with E-state index < -0.39 is 17.9 Å². The van der Waals surface area contributed by atoms with Gasteiger partial charge in [-0.05, 0) is 23.9 Å². The third kappa shape index (κ3) is 3.23. The molecular weight excluding hydrogens is 242 g/mol. The zero-order valence-corrected chi connectivity index (χ0v) is 10.7. The Bertz CT molecular complexity index is 417. The number of rotatable bonds is 5. The topological polar surface area (TPSA) is 92.2 Å². The first-order valence-corrected chi connectivity index (χ1v) is 6.09. The number of aryl methyl sites for hydroxylation is 1. The molecule has 0 aliphatic carbocycles. The van der Waals surface area contributed by atoms with Crippen LogP contribution in [-0.2, 0) is 11.2 Å². The summed E-state index contributed by atoms with van der Waals surface area (Å²) >= 11 is 0.982. The van der Waals surface area contributed by atoms with E-state index in [4.69, 9.17) is 5.11 Å². The minimum atomic E-state index is -1.04. The van der Waals surface area contributed by atoms with E-state index in [0.29, 0.717) is 17.0 Å². The highest BCUT2D eigenvalue weighted by molar-refractivity contribution is 7.08. The van der Waals surface area contributed by atoms with Crippen molar-refractivity contribution in [3.05, 3.63) is 10.6 Å². The first kappa shape index (κ1) is 13.6. The van der Waals surface area contributed by atoms with Crippen molar-refractivity contribution in [2.24, 2.45) is 5.92 Å². The number of amides is 1. The van der Waals surface area contributed by atoms with Gasteiger partial charge in [0.25, 0.3) is 5.91 Å². The summed E-state index contributed by atoms with van der Waals surface area (Å²) in [7, 11) is 0. The monoisotopic (exact) mass is 257 g/mol. The van der Waals surface area contributed by atoms with E-state index in [0.717, 1.165) is 11.5 Å². The van der Waals surface area contributed by atoms with Crippen molar-refractivity contribution in [2.75, 3.05) is 0 Å². The molecule has 0 aliphatic rings. The lowest BCUT2D eigenvalue weighted by atomic mass is 10.0. The maximum atomic E-state index is 11.9. The Morgan fingerprint density at radius 3 is 2.59 bits per heavy atom. The van der Waals surface area contributed by atoms with Gasteiger partial charge in [0, 0.05) is 0 Å². The maximum Gasteiger partial charge on any atom is 0.326 e. The van der Waals surface area contributed by atoms with Gasteiger partial charge in [-0.2, -0.15) is 0 Å². The number of carboxylic acids is 1. The third-order valence-corrected chi connectivity index (χ3v) is 3.08. The largest absolute Gasteiger partial charge is 0.480 e. The molecule has 1 heterocycles. The Hall–Kier alpha value is -1.50. The lowest BCUT2D eigenvalue weighted by Gasteiger charge is -2.17. The number of carboxylic acid groups (broad SMARTS) is 1. The van der Waals surface area contributed by atoms with Crippen LogP contribution in [0.3, 0.4) is 0 Å². The summed E-state index contributed by atoms with van der Waals surface area (Å²) in [4.78, 5) is 23.2. The Balaban J connectivity index is 2.81. The molecule has 0 bridgehead atoms. The van der Waals surface area contributed by atoms with Gasteiger partial charge in [0.15, 0.2) is 0 Å². The van der Waals surface area contributed by atoms with E-state index >= 15 is 0 Å². The van der Waals surface area contributed by atoms with Crippen molar-refractivity contribution < 1.29 is 14.7 Å². The van der Waals surface area contributed by atoms with Crippen LogP contribution in [0.15, 0.2) is 0 Å². The molecule has 0 saturated carbocycles. The standard InChI is InChI=1S/C10H15N3O3S/c1-4-6-8(17-13-12-6)9(14)11-7(5(2)3)10(15)16/h5,7H,4H2,1-3H3,(H,11,14)(H,15,16). The van der Waals surface area contributed by atoms with Gasteiger partial charge in [0.2, 0.25) is 0 Å². The second kappa shape index (κ2) is 5.72. The second-order valence-electron chi connectivity index (χ2n) is 3.94. The highest BCUT2D eigenvalue weighted by atomic mass is 32.1. The Labute approximate surface area is 103 Å². The van der Waals surface area contributed by atoms with E-state index in [2.05, 4.69) is 14.9 Å². The minimum absolute atomic E-state index is 0.178. The summed E-state index contributed by atoms with van der Waals surface area (Å²) in [6, 6.07) is -0.894. The van der Waals surface area contributed by atoms with Crippen molar-refractivity contribution in [3.8, 4) is 0 Å². The molecule has 1 aromatic heterocycles. The normalized spacial score (nSPS) is 12.5. The van der Waals surface area contributed by atoms with Crippen LogP contribution in [0.1, 0.15) is 36.1 Å². The first-order chi connectivity index (χ1) is 7.97. The summed E-state index contributed by atoms with van der Waals surface area (Å²) < 4.78 is 3.69. The number of aliphatic carboxylic acids is 1. The van der Waals surface area contributed by atoms with Gasteiger partial charge in [-0.3, -0.25) is 4.79 Å². The van der Waals surface area contributed by atoms with Crippen LogP contribution in [0.2, 0.25) is 0 Å². The second-order valence-corrected chi connectivity index (χ2v) is 4.69. The van der Waals surface area contributed by atoms with Gasteiger partial charge in [0.05, 0.1) is 5.69 Å². The van der Waals surface area contributed by atoms with Crippen LogP contribution < -0.4 is 5.32 Å². The van der Waals surface area contributed by atoms with Gasteiger partial charge in [0.1, 0.15) is 10.9 Å². The number of carbonyl (C=O) groups excluding carboxylic acids is 1. The fourth-order valence-electron chi connectivity index (χ4n) is 1.33. The van der Waals surface area contributed by atoms with E-state index in [1.807, 2.05) is 6.92 Å². The molecular formula is C10H15N3O3S. The minimum Gasteiger partial charge on any atom is -0.480 e. The van der Waals surface area contributed by atoms with Gasteiger partial charge >= 0.3 is 5.97 Å². The molecule has 1 rings (SSSR count). The molecule has 1 atom stereocenters. The molecule has 0 saturated heterocycles. The number of hydrogen-bond acceptors (Lipinski definition) is 5. The zero-order valence-electron chi connectivity index (χ0n) is 9.93. The average Bonchev–Trinajstić information content (AvgIpc) is 2.72. The quantitative estimate of drug-likeness (QED) is 0.819. The van der Waals surface area contributed by atoms with E-state index in [1.54, 1.807) is 13.8 Å². The maximum absolute atomic E-state index is 11.9. The number of aromatic nitrogens is 2. The van der Waals surface area contributed by atoms with Gasteiger partial charge in [-0.1, -0.05) is 25.3 Å². The molecule has 1 amide bonds. The number of nitrogens with zero attached hydrogens (tertiary/aromatic N) is 2. The number of hydrogen-bond donors (Lipinski definition) is 2. The van der Waals surface area contributed by atoms with Gasteiger partial charge < -0.3 is 10.4 Å². The van der Waals surface area contributed by atoms with Crippen molar-refractivity contribution in [3.63, 3.8) is 0 Å². The summed E-state index contributed by atoms with van der Waals surface area (Å²) in [5.41, 5.74) is 0.598. The lowest BCUT2D eigenvalue weighted by molar-refractivity contribution is -0.140. The predicted octanol–water partition coefficient (Wildman–Crippen LogP) is 0.939. The molecule has 0 aliphatic heterocycles. The predicted molar refractivity (Wildman–Crippen MR) is 63.0 cm³/mol. The molecule has 2 N–H and O–H groups in total. The summed E-state index contributed by atoms with van der Waals surface area (Å²) in [6.07, 6.45) is 0.596. The highest BCUT2D eigenvalue weighted by Gasteiger charge is 2.25. The molecule has 6 nitrogen and oxygen atoms in total. The molecule has 94 valence electrons. The number of nitrogens with one attached hydrogen (secondary N) is 1. The fraction of sp³-hybridized carbons (Fsp3) is 0.600. The molecule has 1 unspecified atom stereocenters. The highest BCUT2D eigenvalue weighted by Crippen LogP contribution is 2.12. The van der Waals surface area contributed by atoms with E-state index in [-0.39, 0.29) is 5.92 Å². The Kier molecular flexibility index (Phi) is 4.56. The fourth-order valence-corrected chi connectivity index (χ4v) is 1.99. The SMILES string of the molecule is CCc1nnsc1C(=O)NC(C(=O)O)C(C)C. The van der Waals surface area contributed by atoms with Crippen molar-refractivity contribution in [1.82, 2.24) is 14.9 Å². The molecule has 0 aromatic carbocycles. The Morgan fingerprint density at radius 1 is 1.47 bits per heavy atom.